The van der Waals surface area contributed by atoms with Crippen molar-refractivity contribution < 1.29 is 19.9 Å². The van der Waals surface area contributed by atoms with Gasteiger partial charge in [-0.1, -0.05) is 36.4 Å². The summed E-state index contributed by atoms with van der Waals surface area (Å²) in [6.07, 6.45) is 2.99. The molecule has 3 rings (SSSR count). The van der Waals surface area contributed by atoms with E-state index >= 15 is 0 Å². The van der Waals surface area contributed by atoms with Gasteiger partial charge in [-0.2, -0.15) is 0 Å². The zero-order valence-corrected chi connectivity index (χ0v) is 14.9. The zero-order chi connectivity index (χ0) is 17.5. The van der Waals surface area contributed by atoms with Gasteiger partial charge in [0.05, 0.1) is 19.8 Å². The SMILES string of the molecule is COc1cccc(C[NH2+]C[C@@H](O)CO[C@H]2CCCc3ccccc32)c1. The number of hydrogen-bond acceptors (Lipinski definition) is 3. The van der Waals surface area contributed by atoms with Crippen molar-refractivity contribution in [1.82, 2.24) is 0 Å². The van der Waals surface area contributed by atoms with Crippen LogP contribution in [0.3, 0.4) is 0 Å². The van der Waals surface area contributed by atoms with Crippen molar-refractivity contribution in [2.24, 2.45) is 0 Å². The second kappa shape index (κ2) is 8.99. The number of aryl methyl sites for hydroxylation is 1. The Kier molecular flexibility index (Phi) is 6.45. The molecule has 1 aliphatic carbocycles. The molecule has 4 heteroatoms. The van der Waals surface area contributed by atoms with Crippen molar-refractivity contribution >= 4 is 0 Å². The molecule has 0 heterocycles. The quantitative estimate of drug-likeness (QED) is 0.773. The van der Waals surface area contributed by atoms with E-state index in [0.29, 0.717) is 13.2 Å². The molecular formula is C21H28NO3+. The van der Waals surface area contributed by atoms with Crippen LogP contribution in [0.1, 0.15) is 35.6 Å². The third-order valence-corrected chi connectivity index (χ3v) is 4.76. The highest BCUT2D eigenvalue weighted by Crippen LogP contribution is 2.32. The highest BCUT2D eigenvalue weighted by atomic mass is 16.5. The maximum atomic E-state index is 10.2. The lowest BCUT2D eigenvalue weighted by Crippen LogP contribution is -2.85. The first-order valence-electron chi connectivity index (χ1n) is 9.08. The van der Waals surface area contributed by atoms with Gasteiger partial charge >= 0.3 is 0 Å². The summed E-state index contributed by atoms with van der Waals surface area (Å²) in [5, 5.41) is 12.3. The highest BCUT2D eigenvalue weighted by Gasteiger charge is 2.21. The van der Waals surface area contributed by atoms with Crippen LogP contribution in [0.25, 0.3) is 0 Å². The first-order chi connectivity index (χ1) is 12.3. The Balaban J connectivity index is 1.42. The van der Waals surface area contributed by atoms with Gasteiger partial charge in [-0.3, -0.25) is 0 Å². The van der Waals surface area contributed by atoms with Crippen LogP contribution in [0.5, 0.6) is 5.75 Å². The van der Waals surface area contributed by atoms with Gasteiger partial charge in [0.15, 0.2) is 0 Å². The van der Waals surface area contributed by atoms with Gasteiger partial charge in [-0.05, 0) is 42.5 Å². The standard InChI is InChI=1S/C21H27NO3/c1-24-19-9-4-6-16(12-19)13-22-14-18(23)15-25-21-11-5-8-17-7-2-3-10-20(17)21/h2-4,6-7,9-10,12,18,21-23H,5,8,11,13-15H2,1H3/p+1/t18-,21+/m1/s1. The Morgan fingerprint density at radius 2 is 2.08 bits per heavy atom. The third-order valence-electron chi connectivity index (χ3n) is 4.76. The van der Waals surface area contributed by atoms with Crippen LogP contribution >= 0.6 is 0 Å². The molecule has 4 nitrogen and oxygen atoms in total. The van der Waals surface area contributed by atoms with Crippen LogP contribution in [0.15, 0.2) is 48.5 Å². The van der Waals surface area contributed by atoms with Crippen LogP contribution in [-0.2, 0) is 17.7 Å². The summed E-state index contributed by atoms with van der Waals surface area (Å²) in [5.41, 5.74) is 3.87. The largest absolute Gasteiger partial charge is 0.497 e. The Morgan fingerprint density at radius 1 is 1.20 bits per heavy atom. The average Bonchev–Trinajstić information content (AvgIpc) is 2.66. The number of nitrogens with two attached hydrogens (primary N) is 1. The number of fused-ring (bicyclic) bond motifs is 1. The molecule has 3 N–H and O–H groups in total. The molecule has 1 aliphatic rings. The summed E-state index contributed by atoms with van der Waals surface area (Å²) in [6, 6.07) is 16.5. The molecule has 2 atom stereocenters. The van der Waals surface area contributed by atoms with Gasteiger partial charge in [0.2, 0.25) is 0 Å². The number of hydrogen-bond donors (Lipinski definition) is 2. The van der Waals surface area contributed by atoms with Crippen molar-refractivity contribution in [1.29, 1.82) is 0 Å². The van der Waals surface area contributed by atoms with E-state index < -0.39 is 6.10 Å². The second-order valence-electron chi connectivity index (χ2n) is 6.65. The van der Waals surface area contributed by atoms with E-state index in [2.05, 4.69) is 35.6 Å². The molecule has 0 saturated heterocycles. The third kappa shape index (κ3) is 5.05. The highest BCUT2D eigenvalue weighted by molar-refractivity contribution is 5.31. The maximum Gasteiger partial charge on any atom is 0.126 e. The number of ether oxygens (including phenoxy) is 2. The van der Waals surface area contributed by atoms with Gasteiger partial charge in [-0.25, -0.2) is 0 Å². The molecule has 0 radical (unpaired) electrons. The molecule has 25 heavy (non-hydrogen) atoms. The second-order valence-corrected chi connectivity index (χ2v) is 6.65. The minimum atomic E-state index is -0.459. The van der Waals surface area contributed by atoms with Gasteiger partial charge in [-0.15, -0.1) is 0 Å². The van der Waals surface area contributed by atoms with Gasteiger partial charge < -0.3 is 19.9 Å². The van der Waals surface area contributed by atoms with Crippen molar-refractivity contribution in [3.05, 3.63) is 65.2 Å². The fourth-order valence-corrected chi connectivity index (χ4v) is 3.42. The van der Waals surface area contributed by atoms with Gasteiger partial charge in [0.1, 0.15) is 24.9 Å². The molecule has 2 aromatic rings. The van der Waals surface area contributed by atoms with Crippen molar-refractivity contribution in [3.8, 4) is 5.75 Å². The van der Waals surface area contributed by atoms with Crippen molar-refractivity contribution in [3.63, 3.8) is 0 Å². The van der Waals surface area contributed by atoms with E-state index in [4.69, 9.17) is 9.47 Å². The molecule has 0 aliphatic heterocycles. The summed E-state index contributed by atoms with van der Waals surface area (Å²) >= 11 is 0. The molecule has 0 bridgehead atoms. The van der Waals surface area contributed by atoms with Crippen molar-refractivity contribution in [2.45, 2.75) is 38.0 Å². The van der Waals surface area contributed by atoms with Crippen LogP contribution in [0.4, 0.5) is 0 Å². The topological polar surface area (TPSA) is 55.3 Å². The molecule has 0 spiro atoms. The number of rotatable bonds is 8. The van der Waals surface area contributed by atoms with E-state index in [9.17, 15) is 5.11 Å². The van der Waals surface area contributed by atoms with E-state index in [1.165, 1.54) is 16.7 Å². The number of benzene rings is 2. The Bertz CT molecular complexity index is 674. The summed E-state index contributed by atoms with van der Waals surface area (Å²) in [5.74, 6) is 0.866. The van der Waals surface area contributed by atoms with Crippen LogP contribution < -0.4 is 10.1 Å². The fourth-order valence-electron chi connectivity index (χ4n) is 3.42. The lowest BCUT2D eigenvalue weighted by Gasteiger charge is -2.26. The Morgan fingerprint density at radius 3 is 2.96 bits per heavy atom. The fraction of sp³-hybridized carbons (Fsp3) is 0.429. The van der Waals surface area contributed by atoms with Gasteiger partial charge in [0.25, 0.3) is 0 Å². The first-order valence-corrected chi connectivity index (χ1v) is 9.08. The van der Waals surface area contributed by atoms with Crippen LogP contribution in [-0.4, -0.2) is 31.5 Å². The minimum Gasteiger partial charge on any atom is -0.497 e. The van der Waals surface area contributed by atoms with E-state index in [0.717, 1.165) is 31.6 Å². The van der Waals surface area contributed by atoms with E-state index in [1.807, 2.05) is 18.2 Å². The summed E-state index contributed by atoms with van der Waals surface area (Å²) in [7, 11) is 1.67. The normalized spacial score (nSPS) is 17.8. The number of aliphatic hydroxyl groups is 1. The molecule has 0 unspecified atom stereocenters. The van der Waals surface area contributed by atoms with Crippen LogP contribution in [0, 0.1) is 0 Å². The Hall–Kier alpha value is -1.88. The maximum absolute atomic E-state index is 10.2. The lowest BCUT2D eigenvalue weighted by atomic mass is 9.89. The first kappa shape index (κ1) is 17.9. The molecule has 0 aromatic heterocycles. The zero-order valence-electron chi connectivity index (χ0n) is 14.9. The molecular weight excluding hydrogens is 314 g/mol. The molecule has 0 fully saturated rings. The summed E-state index contributed by atoms with van der Waals surface area (Å²) in [6.45, 7) is 1.83. The van der Waals surface area contributed by atoms with Gasteiger partial charge in [0, 0.05) is 5.56 Å². The summed E-state index contributed by atoms with van der Waals surface area (Å²) in [4.78, 5) is 0. The summed E-state index contributed by atoms with van der Waals surface area (Å²) < 4.78 is 11.3. The lowest BCUT2D eigenvalue weighted by molar-refractivity contribution is -0.676. The monoisotopic (exact) mass is 342 g/mol. The molecule has 134 valence electrons. The van der Waals surface area contributed by atoms with E-state index in [-0.39, 0.29) is 6.10 Å². The molecule has 2 aromatic carbocycles. The number of aliphatic hydroxyl groups excluding tert-OH is 1. The predicted octanol–water partition coefficient (Wildman–Crippen LogP) is 2.21. The predicted molar refractivity (Wildman–Crippen MR) is 97.6 cm³/mol. The van der Waals surface area contributed by atoms with Crippen molar-refractivity contribution in [2.75, 3.05) is 20.3 Å². The Labute approximate surface area is 149 Å². The smallest absolute Gasteiger partial charge is 0.126 e. The minimum absolute atomic E-state index is 0.123. The number of methoxy groups -OCH3 is 1. The van der Waals surface area contributed by atoms with E-state index in [1.54, 1.807) is 7.11 Å². The average molecular weight is 342 g/mol. The molecule has 0 amide bonds. The molecule has 0 saturated carbocycles. The number of quaternary nitrogens is 1. The van der Waals surface area contributed by atoms with Crippen LogP contribution in [0.2, 0.25) is 0 Å².